The normalized spacial score (nSPS) is 12.8. The van der Waals surface area contributed by atoms with E-state index in [2.05, 4.69) is 58.4 Å². The lowest BCUT2D eigenvalue weighted by Crippen LogP contribution is -2.38. The Balaban J connectivity index is 0.00000361. The maximum atomic E-state index is 2.31. The molecule has 0 saturated heterocycles. The van der Waals surface area contributed by atoms with E-state index in [0.717, 1.165) is 4.48 Å². The van der Waals surface area contributed by atoms with Gasteiger partial charge in [-0.3, -0.25) is 0 Å². The number of benzene rings is 1. The van der Waals surface area contributed by atoms with E-state index in [-0.39, 0.29) is 5.48 Å². The van der Waals surface area contributed by atoms with E-state index in [1.54, 1.807) is 0 Å². The lowest BCUT2D eigenvalue weighted by Gasteiger charge is -2.34. The predicted molar refractivity (Wildman–Crippen MR) is 87.1 cm³/mol. The minimum absolute atomic E-state index is 0. The van der Waals surface area contributed by atoms with Crippen LogP contribution in [0, 0.1) is 0 Å². The fourth-order valence-electron chi connectivity index (χ4n) is 2.79. The Morgan fingerprint density at radius 3 is 1.95 bits per heavy atom. The Morgan fingerprint density at radius 1 is 0.850 bits per heavy atom. The van der Waals surface area contributed by atoms with Gasteiger partial charge in [-0.25, -0.2) is 0 Å². The summed E-state index contributed by atoms with van der Waals surface area (Å²) < 4.78 is 1.03. The largest absolute Gasteiger partial charge is 0.870 e. The molecule has 0 bridgehead atoms. The molecule has 20 heavy (non-hydrogen) atoms. The van der Waals surface area contributed by atoms with Crippen molar-refractivity contribution in [1.29, 1.82) is 0 Å². The van der Waals surface area contributed by atoms with Crippen molar-refractivity contribution in [2.45, 2.75) is 57.9 Å². The molecule has 0 aromatic heterocycles. The van der Waals surface area contributed by atoms with E-state index in [1.807, 2.05) is 0 Å². The Bertz CT molecular complexity index is 329. The molecule has 1 rings (SSSR count). The fraction of sp³-hybridized carbons (Fsp3) is 0.667. The number of rotatable bonds is 9. The summed E-state index contributed by atoms with van der Waals surface area (Å²) in [5.74, 6) is 0. The highest BCUT2D eigenvalue weighted by Gasteiger charge is 2.24. The highest BCUT2D eigenvalue weighted by atomic mass is 16.0. The van der Waals surface area contributed by atoms with Crippen molar-refractivity contribution in [3.05, 3.63) is 35.9 Å². The summed E-state index contributed by atoms with van der Waals surface area (Å²) in [6.07, 6.45) is 9.62. The van der Waals surface area contributed by atoms with Crippen molar-refractivity contribution in [2.24, 2.45) is 0 Å². The Morgan fingerprint density at radius 2 is 1.40 bits per heavy atom. The van der Waals surface area contributed by atoms with Gasteiger partial charge in [0.2, 0.25) is 0 Å². The summed E-state index contributed by atoms with van der Waals surface area (Å²) in [7, 11) is 6.94. The highest BCUT2D eigenvalue weighted by Crippen LogP contribution is 2.28. The molecule has 0 radical (unpaired) electrons. The minimum Gasteiger partial charge on any atom is -0.870 e. The molecule has 2 nitrogen and oxygen atoms in total. The van der Waals surface area contributed by atoms with Crippen LogP contribution in [0.25, 0.3) is 0 Å². The van der Waals surface area contributed by atoms with Gasteiger partial charge in [0.05, 0.1) is 21.1 Å². The summed E-state index contributed by atoms with van der Waals surface area (Å²) in [5.41, 5.74) is 1.49. The monoisotopic (exact) mass is 279 g/mol. The third-order valence-corrected chi connectivity index (χ3v) is 3.95. The molecule has 2 heteroatoms. The van der Waals surface area contributed by atoms with Crippen molar-refractivity contribution in [1.82, 2.24) is 0 Å². The van der Waals surface area contributed by atoms with Crippen LogP contribution in [0.5, 0.6) is 0 Å². The molecule has 0 aliphatic heterocycles. The number of quaternary nitrogens is 1. The second kappa shape index (κ2) is 9.95. The first kappa shape index (κ1) is 19.1. The first-order valence-corrected chi connectivity index (χ1v) is 7.91. The zero-order valence-corrected chi connectivity index (χ0v) is 13.8. The van der Waals surface area contributed by atoms with E-state index in [4.69, 9.17) is 0 Å². The SMILES string of the molecule is CCCCCCCCC(c1ccccc1)[N+](C)(C)C.[OH-]. The second-order valence-electron chi connectivity index (χ2n) is 6.60. The van der Waals surface area contributed by atoms with Gasteiger partial charge in [-0.2, -0.15) is 0 Å². The van der Waals surface area contributed by atoms with Crippen LogP contribution in [-0.2, 0) is 0 Å². The zero-order valence-electron chi connectivity index (χ0n) is 13.8. The van der Waals surface area contributed by atoms with Gasteiger partial charge in [0, 0.05) is 12.0 Å². The van der Waals surface area contributed by atoms with Crippen molar-refractivity contribution < 1.29 is 9.96 Å². The molecular formula is C18H33NO. The van der Waals surface area contributed by atoms with Crippen LogP contribution in [0.15, 0.2) is 30.3 Å². The molecule has 1 unspecified atom stereocenters. The summed E-state index contributed by atoms with van der Waals surface area (Å²) in [6, 6.07) is 11.6. The lowest BCUT2D eigenvalue weighted by molar-refractivity contribution is -0.902. The lowest BCUT2D eigenvalue weighted by atomic mass is 9.97. The Hall–Kier alpha value is -0.860. The molecule has 0 fully saturated rings. The van der Waals surface area contributed by atoms with Crippen molar-refractivity contribution in [2.75, 3.05) is 21.1 Å². The highest BCUT2D eigenvalue weighted by molar-refractivity contribution is 5.17. The van der Waals surface area contributed by atoms with E-state index in [0.29, 0.717) is 6.04 Å². The standard InChI is InChI=1S/C18H32N.H2O/c1-5-6-7-8-9-13-16-18(19(2,3)4)17-14-11-10-12-15-17;/h10-12,14-15,18H,5-9,13,16H2,1-4H3;1H2/q+1;/p-1. The molecule has 0 spiro atoms. The topological polar surface area (TPSA) is 30.0 Å². The van der Waals surface area contributed by atoms with Crippen LogP contribution in [0.3, 0.4) is 0 Å². The van der Waals surface area contributed by atoms with Crippen molar-refractivity contribution in [3.8, 4) is 0 Å². The van der Waals surface area contributed by atoms with E-state index in [1.165, 1.54) is 50.5 Å². The first-order chi connectivity index (χ1) is 9.05. The first-order valence-electron chi connectivity index (χ1n) is 7.91. The van der Waals surface area contributed by atoms with E-state index >= 15 is 0 Å². The van der Waals surface area contributed by atoms with Gasteiger partial charge < -0.3 is 9.96 Å². The molecule has 0 aliphatic carbocycles. The quantitative estimate of drug-likeness (QED) is 0.461. The van der Waals surface area contributed by atoms with Crippen molar-refractivity contribution in [3.63, 3.8) is 0 Å². The predicted octanol–water partition coefficient (Wildman–Crippen LogP) is 5.01. The number of nitrogens with zero attached hydrogens (tertiary/aromatic N) is 1. The fourth-order valence-corrected chi connectivity index (χ4v) is 2.79. The molecule has 0 amide bonds. The van der Waals surface area contributed by atoms with Crippen molar-refractivity contribution >= 4 is 0 Å². The maximum Gasteiger partial charge on any atom is 0.114 e. The van der Waals surface area contributed by atoms with Gasteiger partial charge in [0.25, 0.3) is 0 Å². The van der Waals surface area contributed by atoms with Crippen LogP contribution in [0.2, 0.25) is 0 Å². The molecule has 1 atom stereocenters. The average molecular weight is 279 g/mol. The van der Waals surface area contributed by atoms with Gasteiger partial charge in [0.1, 0.15) is 6.04 Å². The summed E-state index contributed by atoms with van der Waals surface area (Å²) in [5, 5.41) is 0. The van der Waals surface area contributed by atoms with E-state index < -0.39 is 0 Å². The van der Waals surface area contributed by atoms with Gasteiger partial charge in [-0.1, -0.05) is 69.4 Å². The van der Waals surface area contributed by atoms with Crippen LogP contribution in [-0.4, -0.2) is 31.1 Å². The van der Waals surface area contributed by atoms with Gasteiger partial charge in [-0.15, -0.1) is 0 Å². The molecule has 1 N–H and O–H groups in total. The summed E-state index contributed by atoms with van der Waals surface area (Å²) >= 11 is 0. The Kier molecular flexibility index (Phi) is 9.52. The summed E-state index contributed by atoms with van der Waals surface area (Å²) in [4.78, 5) is 0. The second-order valence-corrected chi connectivity index (χ2v) is 6.60. The third kappa shape index (κ3) is 7.06. The Labute approximate surface area is 125 Å². The molecular weight excluding hydrogens is 246 g/mol. The van der Waals surface area contributed by atoms with Crippen LogP contribution < -0.4 is 0 Å². The van der Waals surface area contributed by atoms with E-state index in [9.17, 15) is 0 Å². The van der Waals surface area contributed by atoms with Gasteiger partial charge in [0.15, 0.2) is 0 Å². The van der Waals surface area contributed by atoms with Crippen LogP contribution >= 0.6 is 0 Å². The minimum atomic E-state index is 0. The number of hydrogen-bond acceptors (Lipinski definition) is 1. The van der Waals surface area contributed by atoms with Gasteiger partial charge >= 0.3 is 0 Å². The maximum absolute atomic E-state index is 2.31. The number of unbranched alkanes of at least 4 members (excludes halogenated alkanes) is 5. The molecule has 1 aromatic carbocycles. The van der Waals surface area contributed by atoms with Crippen LogP contribution in [0.4, 0.5) is 0 Å². The average Bonchev–Trinajstić information content (AvgIpc) is 2.37. The van der Waals surface area contributed by atoms with Crippen LogP contribution in [0.1, 0.15) is 63.5 Å². The molecule has 0 saturated carbocycles. The molecule has 116 valence electrons. The summed E-state index contributed by atoms with van der Waals surface area (Å²) in [6.45, 7) is 2.28. The van der Waals surface area contributed by atoms with Gasteiger partial charge in [-0.05, 0) is 6.42 Å². The third-order valence-electron chi connectivity index (χ3n) is 3.95. The zero-order chi connectivity index (χ0) is 14.1. The molecule has 0 heterocycles. The molecule has 1 aromatic rings. The smallest absolute Gasteiger partial charge is 0.114 e. The molecule has 0 aliphatic rings. The number of hydrogen-bond donors (Lipinski definition) is 0.